The van der Waals surface area contributed by atoms with Crippen molar-refractivity contribution in [3.8, 4) is 11.9 Å². The molecule has 1 aliphatic heterocycles. The maximum atomic E-state index is 9.40. The topological polar surface area (TPSA) is 101 Å². The summed E-state index contributed by atoms with van der Waals surface area (Å²) < 4.78 is 5.44. The quantitative estimate of drug-likeness (QED) is 0.860. The summed E-state index contributed by atoms with van der Waals surface area (Å²) in [5.74, 6) is 0.251. The smallest absolute Gasteiger partial charge is 0.244 e. The molecular weight excluding hydrogens is 254 g/mol. The zero-order valence-corrected chi connectivity index (χ0v) is 10.9. The SMILES string of the molecule is CCc1[nH]nc2c1[C@@H](c1cccnc1)C(C#N)=C(N)O2. The molecule has 0 radical (unpaired) electrons. The van der Waals surface area contributed by atoms with Crippen molar-refractivity contribution in [1.29, 1.82) is 5.26 Å². The second-order valence-electron chi connectivity index (χ2n) is 4.49. The maximum absolute atomic E-state index is 9.40. The van der Waals surface area contributed by atoms with E-state index in [1.807, 2.05) is 19.1 Å². The Morgan fingerprint density at radius 1 is 1.55 bits per heavy atom. The van der Waals surface area contributed by atoms with Gasteiger partial charge in [0.15, 0.2) is 0 Å². The van der Waals surface area contributed by atoms with E-state index in [2.05, 4.69) is 21.3 Å². The van der Waals surface area contributed by atoms with Gasteiger partial charge in [-0.2, -0.15) is 5.26 Å². The van der Waals surface area contributed by atoms with Crippen molar-refractivity contribution in [3.05, 3.63) is 52.8 Å². The fourth-order valence-electron chi connectivity index (χ4n) is 2.46. The van der Waals surface area contributed by atoms with Crippen LogP contribution < -0.4 is 10.5 Å². The van der Waals surface area contributed by atoms with Crippen LogP contribution in [-0.4, -0.2) is 15.2 Å². The van der Waals surface area contributed by atoms with Crippen molar-refractivity contribution >= 4 is 0 Å². The van der Waals surface area contributed by atoms with Gasteiger partial charge < -0.3 is 10.5 Å². The van der Waals surface area contributed by atoms with Crippen LogP contribution in [0.25, 0.3) is 0 Å². The van der Waals surface area contributed by atoms with Gasteiger partial charge in [0.2, 0.25) is 11.8 Å². The molecule has 0 unspecified atom stereocenters. The number of fused-ring (bicyclic) bond motifs is 1. The van der Waals surface area contributed by atoms with Crippen LogP contribution in [0.2, 0.25) is 0 Å². The Balaban J connectivity index is 2.24. The molecule has 6 heteroatoms. The van der Waals surface area contributed by atoms with E-state index >= 15 is 0 Å². The first-order chi connectivity index (χ1) is 9.76. The number of rotatable bonds is 2. The van der Waals surface area contributed by atoms with Crippen LogP contribution in [0.3, 0.4) is 0 Å². The molecule has 0 spiro atoms. The third-order valence-electron chi connectivity index (χ3n) is 3.39. The lowest BCUT2D eigenvalue weighted by Crippen LogP contribution is -2.21. The highest BCUT2D eigenvalue weighted by Crippen LogP contribution is 2.42. The predicted octanol–water partition coefficient (Wildman–Crippen LogP) is 1.59. The minimum absolute atomic E-state index is 0.100. The van der Waals surface area contributed by atoms with Gasteiger partial charge in [-0.25, -0.2) is 0 Å². The van der Waals surface area contributed by atoms with Crippen molar-refractivity contribution in [1.82, 2.24) is 15.2 Å². The number of nitrogens with two attached hydrogens (primary N) is 1. The molecule has 2 aromatic heterocycles. The van der Waals surface area contributed by atoms with Crippen molar-refractivity contribution in [3.63, 3.8) is 0 Å². The highest BCUT2D eigenvalue weighted by Gasteiger charge is 2.34. The molecule has 3 rings (SSSR count). The van der Waals surface area contributed by atoms with E-state index in [1.165, 1.54) is 0 Å². The summed E-state index contributed by atoms with van der Waals surface area (Å²) in [6, 6.07) is 5.90. The monoisotopic (exact) mass is 267 g/mol. The second kappa shape index (κ2) is 4.70. The molecular formula is C14H13N5O. The van der Waals surface area contributed by atoms with Crippen LogP contribution in [0.5, 0.6) is 5.88 Å². The average Bonchev–Trinajstić information content (AvgIpc) is 2.89. The van der Waals surface area contributed by atoms with Gasteiger partial charge >= 0.3 is 0 Å². The van der Waals surface area contributed by atoms with Crippen molar-refractivity contribution in [2.75, 3.05) is 0 Å². The lowest BCUT2D eigenvalue weighted by molar-refractivity contribution is 0.378. The van der Waals surface area contributed by atoms with Gasteiger partial charge in [0, 0.05) is 18.1 Å². The summed E-state index contributed by atoms with van der Waals surface area (Å²) in [6.07, 6.45) is 4.19. The standard InChI is InChI=1S/C14H13N5O/c1-2-10-12-11(8-4-3-5-17-7-8)9(6-15)13(16)20-14(12)19-18-10/h3-5,7,11H,2,16H2,1H3,(H,18,19)/t11-/m0/s1. The van der Waals surface area contributed by atoms with Crippen molar-refractivity contribution < 1.29 is 4.74 Å². The van der Waals surface area contributed by atoms with E-state index in [0.717, 1.165) is 23.2 Å². The molecule has 6 nitrogen and oxygen atoms in total. The highest BCUT2D eigenvalue weighted by molar-refractivity contribution is 5.54. The van der Waals surface area contributed by atoms with Crippen molar-refractivity contribution in [2.24, 2.45) is 5.73 Å². The van der Waals surface area contributed by atoms with Gasteiger partial charge in [-0.1, -0.05) is 13.0 Å². The Bertz CT molecular complexity index is 711. The van der Waals surface area contributed by atoms with E-state index in [9.17, 15) is 5.26 Å². The van der Waals surface area contributed by atoms with E-state index < -0.39 is 0 Å². The van der Waals surface area contributed by atoms with Crippen LogP contribution in [-0.2, 0) is 6.42 Å². The number of nitriles is 1. The molecule has 3 N–H and O–H groups in total. The van der Waals surface area contributed by atoms with E-state index in [0.29, 0.717) is 11.5 Å². The minimum atomic E-state index is -0.286. The number of hydrogen-bond donors (Lipinski definition) is 2. The number of ether oxygens (including phenoxy) is 1. The molecule has 0 bridgehead atoms. The first-order valence-corrected chi connectivity index (χ1v) is 6.30. The first kappa shape index (κ1) is 12.2. The number of aromatic nitrogens is 3. The Morgan fingerprint density at radius 2 is 2.40 bits per heavy atom. The zero-order chi connectivity index (χ0) is 14.1. The summed E-state index contributed by atoms with van der Waals surface area (Å²) in [7, 11) is 0. The molecule has 1 atom stereocenters. The Labute approximate surface area is 115 Å². The van der Waals surface area contributed by atoms with Crippen molar-refractivity contribution in [2.45, 2.75) is 19.3 Å². The number of aromatic amines is 1. The van der Waals surface area contributed by atoms with Gasteiger partial charge in [0.25, 0.3) is 0 Å². The number of hydrogen-bond acceptors (Lipinski definition) is 5. The zero-order valence-electron chi connectivity index (χ0n) is 10.9. The molecule has 0 fully saturated rings. The largest absolute Gasteiger partial charge is 0.420 e. The molecule has 0 aliphatic carbocycles. The summed E-state index contributed by atoms with van der Waals surface area (Å²) in [5.41, 5.74) is 8.94. The summed E-state index contributed by atoms with van der Waals surface area (Å²) >= 11 is 0. The number of aryl methyl sites for hydroxylation is 1. The van der Waals surface area contributed by atoms with E-state index in [4.69, 9.17) is 10.5 Å². The molecule has 2 aromatic rings. The Hall–Kier alpha value is -2.81. The normalized spacial score (nSPS) is 17.3. The molecule has 3 heterocycles. The van der Waals surface area contributed by atoms with E-state index in [-0.39, 0.29) is 11.8 Å². The van der Waals surface area contributed by atoms with Gasteiger partial charge in [0.1, 0.15) is 11.6 Å². The van der Waals surface area contributed by atoms with E-state index in [1.54, 1.807) is 12.4 Å². The Kier molecular flexibility index (Phi) is 2.88. The van der Waals surface area contributed by atoms with Gasteiger partial charge in [-0.05, 0) is 18.1 Å². The minimum Gasteiger partial charge on any atom is -0.420 e. The number of allylic oxidation sites excluding steroid dienone is 1. The lowest BCUT2D eigenvalue weighted by Gasteiger charge is -2.23. The maximum Gasteiger partial charge on any atom is 0.244 e. The summed E-state index contributed by atoms with van der Waals surface area (Å²) in [5, 5.41) is 16.5. The lowest BCUT2D eigenvalue weighted by atomic mass is 9.84. The van der Waals surface area contributed by atoms with Crippen LogP contribution in [0.15, 0.2) is 36.0 Å². The summed E-state index contributed by atoms with van der Waals surface area (Å²) in [4.78, 5) is 4.12. The molecule has 0 amide bonds. The fourth-order valence-corrected chi connectivity index (χ4v) is 2.46. The second-order valence-corrected chi connectivity index (χ2v) is 4.49. The van der Waals surface area contributed by atoms with Gasteiger partial charge in [-0.15, -0.1) is 5.10 Å². The molecule has 100 valence electrons. The van der Waals surface area contributed by atoms with Crippen LogP contribution in [0, 0.1) is 11.3 Å². The molecule has 0 saturated heterocycles. The molecule has 1 aliphatic rings. The fraction of sp³-hybridized carbons (Fsp3) is 0.214. The van der Waals surface area contributed by atoms with Gasteiger partial charge in [-0.3, -0.25) is 10.1 Å². The highest BCUT2D eigenvalue weighted by atomic mass is 16.5. The molecule has 0 aromatic carbocycles. The molecule has 20 heavy (non-hydrogen) atoms. The summed E-state index contributed by atoms with van der Waals surface area (Å²) in [6.45, 7) is 2.02. The number of nitrogens with zero attached hydrogens (tertiary/aromatic N) is 3. The van der Waals surface area contributed by atoms with Crippen LogP contribution >= 0.6 is 0 Å². The third kappa shape index (κ3) is 1.72. The van der Waals surface area contributed by atoms with Crippen LogP contribution in [0.4, 0.5) is 0 Å². The molecule has 0 saturated carbocycles. The number of H-pyrrole nitrogens is 1. The predicted molar refractivity (Wildman–Crippen MR) is 71.5 cm³/mol. The van der Waals surface area contributed by atoms with Crippen LogP contribution in [0.1, 0.15) is 29.7 Å². The number of pyridine rings is 1. The Morgan fingerprint density at radius 3 is 3.05 bits per heavy atom. The van der Waals surface area contributed by atoms with Gasteiger partial charge in [0.05, 0.1) is 11.5 Å². The third-order valence-corrected chi connectivity index (χ3v) is 3.39. The first-order valence-electron chi connectivity index (χ1n) is 6.30. The number of nitrogens with one attached hydrogen (secondary N) is 1. The average molecular weight is 267 g/mol.